The molecule has 1 aromatic heterocycles. The summed E-state index contributed by atoms with van der Waals surface area (Å²) in [6.07, 6.45) is 0.188. The maximum absolute atomic E-state index is 11.2. The van der Waals surface area contributed by atoms with Gasteiger partial charge in [-0.25, -0.2) is 5.84 Å². The molecule has 6 nitrogen and oxygen atoms in total. The molecule has 0 unspecified atom stereocenters. The van der Waals surface area contributed by atoms with Crippen LogP contribution in [0.2, 0.25) is 5.02 Å². The lowest BCUT2D eigenvalue weighted by molar-refractivity contribution is -0.121. The van der Waals surface area contributed by atoms with Crippen LogP contribution in [0.25, 0.3) is 11.4 Å². The van der Waals surface area contributed by atoms with Gasteiger partial charge in [0.2, 0.25) is 17.6 Å². The van der Waals surface area contributed by atoms with E-state index >= 15 is 0 Å². The smallest absolute Gasteiger partial charge is 0.234 e. The van der Waals surface area contributed by atoms with Gasteiger partial charge < -0.3 is 4.52 Å². The Kier molecular flexibility index (Phi) is 4.13. The first kappa shape index (κ1) is 13.5. The second kappa shape index (κ2) is 5.81. The second-order valence-electron chi connectivity index (χ2n) is 4.14. The van der Waals surface area contributed by atoms with Crippen LogP contribution in [0.5, 0.6) is 0 Å². The van der Waals surface area contributed by atoms with Gasteiger partial charge in [0.1, 0.15) is 0 Å². The third-order valence-corrected chi connectivity index (χ3v) is 2.83. The molecule has 3 N–H and O–H groups in total. The maximum atomic E-state index is 11.2. The lowest BCUT2D eigenvalue weighted by Crippen LogP contribution is -2.30. The highest BCUT2D eigenvalue weighted by Gasteiger charge is 2.18. The van der Waals surface area contributed by atoms with Crippen molar-refractivity contribution in [3.05, 3.63) is 35.2 Å². The van der Waals surface area contributed by atoms with Crippen LogP contribution in [0.3, 0.4) is 0 Å². The summed E-state index contributed by atoms with van der Waals surface area (Å²) in [6.45, 7) is 1.81. The first-order valence-corrected chi connectivity index (χ1v) is 6.07. The van der Waals surface area contributed by atoms with Gasteiger partial charge in [0.25, 0.3) is 0 Å². The fourth-order valence-corrected chi connectivity index (χ4v) is 1.79. The Hall–Kier alpha value is -1.92. The summed E-state index contributed by atoms with van der Waals surface area (Å²) in [6, 6.07) is 7.14. The first-order valence-electron chi connectivity index (χ1n) is 5.69. The Morgan fingerprint density at radius 2 is 2.37 bits per heavy atom. The van der Waals surface area contributed by atoms with Crippen LogP contribution in [0.15, 0.2) is 28.8 Å². The highest BCUT2D eigenvalue weighted by Crippen LogP contribution is 2.23. The van der Waals surface area contributed by atoms with Crippen molar-refractivity contribution in [2.75, 3.05) is 0 Å². The van der Waals surface area contributed by atoms with Gasteiger partial charge in [-0.05, 0) is 12.1 Å². The predicted molar refractivity (Wildman–Crippen MR) is 70.1 cm³/mol. The minimum atomic E-state index is -0.282. The first-order chi connectivity index (χ1) is 9.10. The molecule has 0 bridgehead atoms. The SMILES string of the molecule is C[C@H](CC(=O)NN)c1nc(-c2cccc(Cl)c2)no1. The van der Waals surface area contributed by atoms with Gasteiger partial charge in [0.15, 0.2) is 0 Å². The molecule has 0 saturated heterocycles. The average molecular weight is 281 g/mol. The van der Waals surface area contributed by atoms with E-state index in [1.165, 1.54) is 0 Å². The van der Waals surface area contributed by atoms with E-state index in [0.29, 0.717) is 16.7 Å². The average Bonchev–Trinajstić information content (AvgIpc) is 2.88. The van der Waals surface area contributed by atoms with E-state index in [2.05, 4.69) is 15.6 Å². The highest BCUT2D eigenvalue weighted by atomic mass is 35.5. The lowest BCUT2D eigenvalue weighted by atomic mass is 10.1. The van der Waals surface area contributed by atoms with Gasteiger partial charge in [0, 0.05) is 22.9 Å². The zero-order valence-electron chi connectivity index (χ0n) is 10.3. The van der Waals surface area contributed by atoms with Crippen molar-refractivity contribution < 1.29 is 9.32 Å². The predicted octanol–water partition coefficient (Wildman–Crippen LogP) is 1.87. The second-order valence-corrected chi connectivity index (χ2v) is 4.58. The van der Waals surface area contributed by atoms with Crippen LogP contribution in [0.1, 0.15) is 25.2 Å². The van der Waals surface area contributed by atoms with Gasteiger partial charge >= 0.3 is 0 Å². The number of hydrogen-bond donors (Lipinski definition) is 2. The quantitative estimate of drug-likeness (QED) is 0.506. The Morgan fingerprint density at radius 3 is 3.05 bits per heavy atom. The Morgan fingerprint density at radius 1 is 1.58 bits per heavy atom. The standard InChI is InChI=1S/C12H13ClN4O2/c1-7(5-10(18)16-14)12-15-11(17-19-12)8-3-2-4-9(13)6-8/h2-4,6-7H,5,14H2,1H3,(H,16,18)/t7-/m1/s1. The topological polar surface area (TPSA) is 94.0 Å². The maximum Gasteiger partial charge on any atom is 0.234 e. The van der Waals surface area contributed by atoms with Gasteiger partial charge in [0.05, 0.1) is 0 Å². The Bertz CT molecular complexity index is 585. The van der Waals surface area contributed by atoms with Crippen molar-refractivity contribution in [1.82, 2.24) is 15.6 Å². The number of amides is 1. The molecule has 1 aromatic carbocycles. The lowest BCUT2D eigenvalue weighted by Gasteiger charge is -2.03. The fraction of sp³-hybridized carbons (Fsp3) is 0.250. The number of carbonyl (C=O) groups excluding carboxylic acids is 1. The molecule has 0 aliphatic rings. The molecule has 7 heteroatoms. The zero-order valence-corrected chi connectivity index (χ0v) is 11.0. The number of hydrogen-bond acceptors (Lipinski definition) is 5. The molecule has 1 heterocycles. The summed E-state index contributed by atoms with van der Waals surface area (Å²) in [4.78, 5) is 15.4. The summed E-state index contributed by atoms with van der Waals surface area (Å²) >= 11 is 5.90. The van der Waals surface area contributed by atoms with Crippen molar-refractivity contribution in [2.24, 2.45) is 5.84 Å². The van der Waals surface area contributed by atoms with E-state index in [1.807, 2.05) is 13.0 Å². The van der Waals surface area contributed by atoms with Crippen molar-refractivity contribution in [3.8, 4) is 11.4 Å². The van der Waals surface area contributed by atoms with Crippen LogP contribution >= 0.6 is 11.6 Å². The van der Waals surface area contributed by atoms with Crippen molar-refractivity contribution in [2.45, 2.75) is 19.3 Å². The molecule has 0 saturated carbocycles. The molecule has 100 valence electrons. The molecule has 2 aromatic rings. The fourth-order valence-electron chi connectivity index (χ4n) is 1.60. The molecule has 0 aliphatic heterocycles. The Labute approximate surface area is 114 Å². The van der Waals surface area contributed by atoms with Gasteiger partial charge in [-0.15, -0.1) is 0 Å². The Balaban J connectivity index is 2.17. The van der Waals surface area contributed by atoms with Crippen LogP contribution in [-0.2, 0) is 4.79 Å². The third-order valence-electron chi connectivity index (χ3n) is 2.60. The summed E-state index contributed by atoms with van der Waals surface area (Å²) in [5.74, 6) is 5.37. The van der Waals surface area contributed by atoms with Gasteiger partial charge in [-0.2, -0.15) is 4.98 Å². The molecular formula is C12H13ClN4O2. The van der Waals surface area contributed by atoms with E-state index in [-0.39, 0.29) is 18.2 Å². The number of nitrogens with two attached hydrogens (primary N) is 1. The van der Waals surface area contributed by atoms with Crippen LogP contribution in [0.4, 0.5) is 0 Å². The van der Waals surface area contributed by atoms with E-state index in [4.69, 9.17) is 22.0 Å². The number of nitrogens with zero attached hydrogens (tertiary/aromatic N) is 2. The highest BCUT2D eigenvalue weighted by molar-refractivity contribution is 6.30. The van der Waals surface area contributed by atoms with E-state index in [0.717, 1.165) is 5.56 Å². The molecule has 1 atom stereocenters. The van der Waals surface area contributed by atoms with Crippen LogP contribution in [-0.4, -0.2) is 16.0 Å². The van der Waals surface area contributed by atoms with Crippen LogP contribution < -0.4 is 11.3 Å². The number of hydrazine groups is 1. The van der Waals surface area contributed by atoms with Crippen molar-refractivity contribution >= 4 is 17.5 Å². The number of aromatic nitrogens is 2. The van der Waals surface area contributed by atoms with Crippen molar-refractivity contribution in [3.63, 3.8) is 0 Å². The van der Waals surface area contributed by atoms with E-state index in [1.54, 1.807) is 18.2 Å². The summed E-state index contributed by atoms with van der Waals surface area (Å²) in [7, 11) is 0. The van der Waals surface area contributed by atoms with Gasteiger partial charge in [-0.1, -0.05) is 35.8 Å². The normalized spacial score (nSPS) is 12.2. The minimum absolute atomic E-state index is 0.188. The largest absolute Gasteiger partial charge is 0.339 e. The molecule has 0 spiro atoms. The molecule has 19 heavy (non-hydrogen) atoms. The number of carbonyl (C=O) groups is 1. The number of rotatable bonds is 4. The molecule has 0 fully saturated rings. The number of nitrogens with one attached hydrogen (secondary N) is 1. The third kappa shape index (κ3) is 3.30. The van der Waals surface area contributed by atoms with Crippen LogP contribution in [0, 0.1) is 0 Å². The summed E-state index contributed by atoms with van der Waals surface area (Å²) in [5.41, 5.74) is 2.83. The monoisotopic (exact) mass is 280 g/mol. The zero-order chi connectivity index (χ0) is 13.8. The number of benzene rings is 1. The molecule has 0 aliphatic carbocycles. The summed E-state index contributed by atoms with van der Waals surface area (Å²) in [5, 5.41) is 4.47. The minimum Gasteiger partial charge on any atom is -0.339 e. The molecule has 1 amide bonds. The molecule has 2 rings (SSSR count). The number of halogens is 1. The molecule has 0 radical (unpaired) electrons. The van der Waals surface area contributed by atoms with Crippen molar-refractivity contribution in [1.29, 1.82) is 0 Å². The van der Waals surface area contributed by atoms with E-state index in [9.17, 15) is 4.79 Å². The van der Waals surface area contributed by atoms with E-state index < -0.39 is 0 Å². The summed E-state index contributed by atoms with van der Waals surface area (Å²) < 4.78 is 5.14. The van der Waals surface area contributed by atoms with Gasteiger partial charge in [-0.3, -0.25) is 10.2 Å². The molecular weight excluding hydrogens is 268 g/mol.